The zero-order valence-corrected chi connectivity index (χ0v) is 12.2. The highest BCUT2D eigenvalue weighted by molar-refractivity contribution is 7.16. The number of aliphatic hydroxyl groups excluding tert-OH is 1. The Hall–Kier alpha value is -0.130. The lowest BCUT2D eigenvalue weighted by molar-refractivity contribution is 0.0588. The van der Waals surface area contributed by atoms with E-state index in [1.807, 2.05) is 0 Å². The minimum absolute atomic E-state index is 0.378. The van der Waals surface area contributed by atoms with Crippen LogP contribution in [0.15, 0.2) is 6.07 Å². The van der Waals surface area contributed by atoms with Crippen molar-refractivity contribution in [3.63, 3.8) is 0 Å². The van der Waals surface area contributed by atoms with E-state index in [4.69, 9.17) is 16.3 Å². The minimum atomic E-state index is -0.378. The van der Waals surface area contributed by atoms with Crippen molar-refractivity contribution in [2.75, 3.05) is 20.3 Å². The van der Waals surface area contributed by atoms with Gasteiger partial charge in [0.2, 0.25) is 0 Å². The molecule has 2 atom stereocenters. The maximum Gasteiger partial charge on any atom is 0.0934 e. The maximum atomic E-state index is 9.59. The molecule has 102 valence electrons. The number of methoxy groups -OCH3 is 1. The van der Waals surface area contributed by atoms with Crippen molar-refractivity contribution in [1.82, 2.24) is 5.32 Å². The summed E-state index contributed by atoms with van der Waals surface area (Å²) in [4.78, 5) is 1.42. The lowest BCUT2D eigenvalue weighted by Crippen LogP contribution is -2.28. The predicted octanol–water partition coefficient (Wildman–Crippen LogP) is 2.77. The fourth-order valence-electron chi connectivity index (χ4n) is 2.43. The fraction of sp³-hybridized carbons (Fsp3) is 0.692. The molecule has 0 radical (unpaired) electrons. The molecule has 1 aliphatic carbocycles. The van der Waals surface area contributed by atoms with Gasteiger partial charge < -0.3 is 15.2 Å². The molecule has 2 rings (SSSR count). The summed E-state index contributed by atoms with van der Waals surface area (Å²) in [7, 11) is 1.61. The summed E-state index contributed by atoms with van der Waals surface area (Å²) < 4.78 is 5.79. The standard InChI is InChI=1S/C13H20ClNO2S/c1-17-8-9(16)5-6-15-11-3-2-4-12-10(11)7-13(14)18-12/h7,9,11,15-16H,2-6,8H2,1H3. The van der Waals surface area contributed by atoms with Gasteiger partial charge in [-0.3, -0.25) is 0 Å². The second-order valence-electron chi connectivity index (χ2n) is 4.73. The van der Waals surface area contributed by atoms with E-state index < -0.39 is 0 Å². The number of thiophene rings is 1. The van der Waals surface area contributed by atoms with E-state index in [0.29, 0.717) is 12.6 Å². The highest BCUT2D eigenvalue weighted by atomic mass is 35.5. The first-order valence-electron chi connectivity index (χ1n) is 6.39. The average molecular weight is 290 g/mol. The van der Waals surface area contributed by atoms with Gasteiger partial charge >= 0.3 is 0 Å². The van der Waals surface area contributed by atoms with Crippen molar-refractivity contribution >= 4 is 22.9 Å². The second-order valence-corrected chi connectivity index (χ2v) is 6.49. The predicted molar refractivity (Wildman–Crippen MR) is 75.5 cm³/mol. The monoisotopic (exact) mass is 289 g/mol. The average Bonchev–Trinajstić information content (AvgIpc) is 2.70. The van der Waals surface area contributed by atoms with Crippen LogP contribution in [0.25, 0.3) is 0 Å². The highest BCUT2D eigenvalue weighted by Crippen LogP contribution is 2.37. The van der Waals surface area contributed by atoms with Crippen LogP contribution >= 0.6 is 22.9 Å². The smallest absolute Gasteiger partial charge is 0.0934 e. The Kier molecular flexibility index (Phi) is 5.45. The molecular weight excluding hydrogens is 270 g/mol. The van der Waals surface area contributed by atoms with Gasteiger partial charge in [0.15, 0.2) is 0 Å². The van der Waals surface area contributed by atoms with Crippen LogP contribution in [0.1, 0.15) is 35.7 Å². The van der Waals surface area contributed by atoms with Crippen LogP contribution in [-0.4, -0.2) is 31.5 Å². The number of aliphatic hydroxyl groups is 1. The van der Waals surface area contributed by atoms with Crippen LogP contribution < -0.4 is 5.32 Å². The number of aryl methyl sites for hydroxylation is 1. The number of hydrogen-bond acceptors (Lipinski definition) is 4. The van der Waals surface area contributed by atoms with Crippen LogP contribution in [0.5, 0.6) is 0 Å². The zero-order valence-electron chi connectivity index (χ0n) is 10.6. The third-order valence-electron chi connectivity index (χ3n) is 3.31. The molecule has 0 spiro atoms. The fourth-order valence-corrected chi connectivity index (χ4v) is 3.82. The van der Waals surface area contributed by atoms with E-state index >= 15 is 0 Å². The summed E-state index contributed by atoms with van der Waals surface area (Å²) in [5.74, 6) is 0. The molecule has 2 N–H and O–H groups in total. The topological polar surface area (TPSA) is 41.5 Å². The Morgan fingerprint density at radius 3 is 3.28 bits per heavy atom. The summed E-state index contributed by atoms with van der Waals surface area (Å²) >= 11 is 7.77. The summed E-state index contributed by atoms with van der Waals surface area (Å²) in [5.41, 5.74) is 1.36. The second kappa shape index (κ2) is 6.87. The normalized spacial score (nSPS) is 20.7. The molecule has 0 saturated carbocycles. The number of ether oxygens (including phenoxy) is 1. The van der Waals surface area contributed by atoms with Crippen molar-refractivity contribution in [2.24, 2.45) is 0 Å². The van der Waals surface area contributed by atoms with Crippen LogP contribution in [0.4, 0.5) is 0 Å². The first-order chi connectivity index (χ1) is 8.70. The van der Waals surface area contributed by atoms with Crippen LogP contribution in [0.2, 0.25) is 4.34 Å². The summed E-state index contributed by atoms with van der Waals surface area (Å²) in [6, 6.07) is 2.48. The maximum absolute atomic E-state index is 9.59. The Morgan fingerprint density at radius 2 is 2.50 bits per heavy atom. The Labute approximate surface area is 117 Å². The van der Waals surface area contributed by atoms with E-state index in [0.717, 1.165) is 30.1 Å². The van der Waals surface area contributed by atoms with Crippen molar-refractivity contribution in [1.29, 1.82) is 0 Å². The molecule has 0 aliphatic heterocycles. The van der Waals surface area contributed by atoms with E-state index in [1.54, 1.807) is 18.4 Å². The van der Waals surface area contributed by atoms with Gasteiger partial charge in [-0.15, -0.1) is 11.3 Å². The van der Waals surface area contributed by atoms with Crippen LogP contribution in [0.3, 0.4) is 0 Å². The molecule has 1 heterocycles. The SMILES string of the molecule is COCC(O)CCNC1CCCc2sc(Cl)cc21. The zero-order chi connectivity index (χ0) is 13.0. The highest BCUT2D eigenvalue weighted by Gasteiger charge is 2.22. The Bertz CT molecular complexity index is 383. The Balaban J connectivity index is 1.84. The van der Waals surface area contributed by atoms with Gasteiger partial charge in [0.1, 0.15) is 0 Å². The molecular formula is C13H20ClNO2S. The molecule has 1 aromatic rings. The summed E-state index contributed by atoms with van der Waals surface area (Å²) in [6.07, 6.45) is 3.86. The van der Waals surface area contributed by atoms with Crippen LogP contribution in [-0.2, 0) is 11.2 Å². The molecule has 5 heteroatoms. The summed E-state index contributed by atoms with van der Waals surface area (Å²) in [5, 5.41) is 13.1. The van der Waals surface area contributed by atoms with Gasteiger partial charge in [-0.25, -0.2) is 0 Å². The summed E-state index contributed by atoms with van der Waals surface area (Å²) in [6.45, 7) is 1.21. The van der Waals surface area contributed by atoms with Gasteiger partial charge in [-0.2, -0.15) is 0 Å². The molecule has 1 aromatic heterocycles. The van der Waals surface area contributed by atoms with Crippen LogP contribution in [0, 0.1) is 0 Å². The molecule has 0 saturated heterocycles. The largest absolute Gasteiger partial charge is 0.391 e. The molecule has 18 heavy (non-hydrogen) atoms. The van der Waals surface area contributed by atoms with Crippen molar-refractivity contribution < 1.29 is 9.84 Å². The minimum Gasteiger partial charge on any atom is -0.391 e. The Morgan fingerprint density at radius 1 is 1.67 bits per heavy atom. The number of halogens is 1. The van der Waals surface area contributed by atoms with Gasteiger partial charge in [-0.05, 0) is 43.9 Å². The molecule has 1 aliphatic rings. The van der Waals surface area contributed by atoms with E-state index in [9.17, 15) is 5.11 Å². The molecule has 3 nitrogen and oxygen atoms in total. The van der Waals surface area contributed by atoms with Crippen molar-refractivity contribution in [3.8, 4) is 0 Å². The van der Waals surface area contributed by atoms with Crippen molar-refractivity contribution in [3.05, 3.63) is 20.8 Å². The van der Waals surface area contributed by atoms with Gasteiger partial charge in [0.05, 0.1) is 17.0 Å². The molecule has 0 bridgehead atoms. The van der Waals surface area contributed by atoms with E-state index in [2.05, 4.69) is 11.4 Å². The van der Waals surface area contributed by atoms with Gasteiger partial charge in [-0.1, -0.05) is 11.6 Å². The van der Waals surface area contributed by atoms with Gasteiger partial charge in [0.25, 0.3) is 0 Å². The third kappa shape index (κ3) is 3.68. The number of fused-ring (bicyclic) bond motifs is 1. The number of hydrogen-bond donors (Lipinski definition) is 2. The van der Waals surface area contributed by atoms with E-state index in [1.165, 1.54) is 16.9 Å². The molecule has 0 fully saturated rings. The first-order valence-corrected chi connectivity index (χ1v) is 7.58. The first kappa shape index (κ1) is 14.3. The van der Waals surface area contributed by atoms with Crippen molar-refractivity contribution in [2.45, 2.75) is 37.8 Å². The quantitative estimate of drug-likeness (QED) is 0.846. The molecule has 0 aromatic carbocycles. The molecule has 0 amide bonds. The molecule has 2 unspecified atom stereocenters. The van der Waals surface area contributed by atoms with E-state index in [-0.39, 0.29) is 6.10 Å². The lowest BCUT2D eigenvalue weighted by atomic mass is 9.94. The third-order valence-corrected chi connectivity index (χ3v) is 4.65. The number of rotatable bonds is 6. The van der Waals surface area contributed by atoms with Gasteiger partial charge in [0, 0.05) is 18.0 Å². The lowest BCUT2D eigenvalue weighted by Gasteiger charge is -2.24. The number of nitrogens with one attached hydrogen (secondary N) is 1.